The number of rotatable bonds is 13. The standard InChI is InChI=1S/2C22H21N3O3S.C19H17N3O2S.C10H12O4S.CH4/c2*1-14-11-16(7-10-19(14)23-4)24-20(26)22(2,3)25(21(24)29)15-5-8-17(9-6-15)28-18-12-27-13-18;1-12-11-14(7-10-16(12)20-4)21-17(24)19(2,3)22(18(21)25)13-5-8-15(23)9-6-13;1-8-2-4-10(5-3-8)15(11,12)14-9-6-13-7-9;/h2*5-11,18H,12-13H2,1-3H3;5-11,23H,1-3H3;2-5,9H,6-7H2,1H3;1H4. The van der Waals surface area contributed by atoms with Crippen LogP contribution in [0.3, 0.4) is 0 Å². The summed E-state index contributed by atoms with van der Waals surface area (Å²) in [6.45, 7) is 43.3. The van der Waals surface area contributed by atoms with E-state index in [1.807, 2.05) is 140 Å². The van der Waals surface area contributed by atoms with Gasteiger partial charge in [-0.2, -0.15) is 8.42 Å². The summed E-state index contributed by atoms with van der Waals surface area (Å²) >= 11 is 17.0. The van der Waals surface area contributed by atoms with Crippen LogP contribution in [-0.4, -0.2) is 121 Å². The first kappa shape index (κ1) is 73.5. The van der Waals surface area contributed by atoms with Gasteiger partial charge in [0.1, 0.15) is 52.2 Å². The Morgan fingerprint density at radius 2 is 0.727 bits per heavy atom. The minimum atomic E-state index is -3.62. The van der Waals surface area contributed by atoms with Crippen LogP contribution in [0, 0.1) is 47.4 Å². The van der Waals surface area contributed by atoms with Crippen molar-refractivity contribution in [3.8, 4) is 17.2 Å². The van der Waals surface area contributed by atoms with E-state index in [2.05, 4.69) is 14.5 Å². The van der Waals surface area contributed by atoms with Gasteiger partial charge in [0.05, 0.1) is 64.3 Å². The molecule has 6 heterocycles. The summed E-state index contributed by atoms with van der Waals surface area (Å²) in [4.78, 5) is 60.3. The van der Waals surface area contributed by atoms with E-state index in [1.165, 1.54) is 4.90 Å². The molecule has 0 atom stereocenters. The van der Waals surface area contributed by atoms with E-state index in [1.54, 1.807) is 106 Å². The lowest BCUT2D eigenvalue weighted by atomic mass is 10.0. The van der Waals surface area contributed by atoms with Crippen LogP contribution in [0.15, 0.2) is 157 Å². The van der Waals surface area contributed by atoms with Crippen LogP contribution in [0.2, 0.25) is 0 Å². The molecule has 0 unspecified atom stereocenters. The van der Waals surface area contributed by atoms with E-state index < -0.39 is 26.7 Å². The number of hydrogen-bond acceptors (Lipinski definition) is 15. The monoisotopic (exact) mass is 1410 g/mol. The molecular formula is C74H75N9O12S4. The zero-order valence-corrected chi connectivity index (χ0v) is 58.8. The molecule has 0 radical (unpaired) electrons. The van der Waals surface area contributed by atoms with Gasteiger partial charge in [-0.25, -0.2) is 14.5 Å². The molecule has 6 fully saturated rings. The van der Waals surface area contributed by atoms with Crippen molar-refractivity contribution in [3.63, 3.8) is 0 Å². The molecule has 0 saturated carbocycles. The highest BCUT2D eigenvalue weighted by Gasteiger charge is 2.53. The van der Waals surface area contributed by atoms with Gasteiger partial charge in [-0.3, -0.25) is 33.3 Å². The molecule has 6 saturated heterocycles. The van der Waals surface area contributed by atoms with Gasteiger partial charge in [0, 0.05) is 34.1 Å². The Balaban J connectivity index is 0.000000157. The number of carbonyl (C=O) groups excluding carboxylic acids is 3. The fraction of sp³-hybridized carbons (Fsp3) is 0.311. The van der Waals surface area contributed by atoms with Crippen LogP contribution in [0.5, 0.6) is 17.2 Å². The maximum atomic E-state index is 13.2. The number of aryl methyl sites for hydroxylation is 4. The molecule has 21 nitrogen and oxygen atoms in total. The first-order valence-corrected chi connectivity index (χ1v) is 33.7. The van der Waals surface area contributed by atoms with E-state index in [-0.39, 0.29) is 54.1 Å². The Labute approximate surface area is 594 Å². The smallest absolute Gasteiger partial charge is 0.297 e. The van der Waals surface area contributed by atoms with Gasteiger partial charge in [0.2, 0.25) is 0 Å². The Bertz CT molecular complexity index is 4350. The predicted molar refractivity (Wildman–Crippen MR) is 394 cm³/mol. The third kappa shape index (κ3) is 15.1. The van der Waals surface area contributed by atoms with Crippen molar-refractivity contribution in [1.29, 1.82) is 0 Å². The summed E-state index contributed by atoms with van der Waals surface area (Å²) in [6.07, 6.45) is -0.121. The van der Waals surface area contributed by atoms with Crippen LogP contribution in [0.1, 0.15) is 71.2 Å². The number of benzene rings is 7. The van der Waals surface area contributed by atoms with E-state index in [9.17, 15) is 27.9 Å². The van der Waals surface area contributed by atoms with Crippen LogP contribution >= 0.6 is 36.7 Å². The van der Waals surface area contributed by atoms with Crippen molar-refractivity contribution in [1.82, 2.24) is 0 Å². The second-order valence-electron chi connectivity index (χ2n) is 25.3. The fourth-order valence-electron chi connectivity index (χ4n) is 11.2. The molecule has 0 bridgehead atoms. The molecule has 0 aromatic heterocycles. The molecule has 99 heavy (non-hydrogen) atoms. The second-order valence-corrected chi connectivity index (χ2v) is 27.9. The van der Waals surface area contributed by atoms with Crippen molar-refractivity contribution in [2.24, 2.45) is 0 Å². The largest absolute Gasteiger partial charge is 0.508 e. The molecule has 512 valence electrons. The number of phenolic OH excluding ortho intramolecular Hbond substituents is 1. The van der Waals surface area contributed by atoms with Gasteiger partial charge < -0.3 is 43.5 Å². The van der Waals surface area contributed by atoms with Crippen LogP contribution in [0.4, 0.5) is 51.2 Å². The van der Waals surface area contributed by atoms with E-state index in [0.717, 1.165) is 50.8 Å². The van der Waals surface area contributed by atoms with Gasteiger partial charge in [-0.05, 0) is 244 Å². The van der Waals surface area contributed by atoms with Gasteiger partial charge >= 0.3 is 0 Å². The molecule has 6 aliphatic heterocycles. The molecule has 7 aromatic carbocycles. The van der Waals surface area contributed by atoms with Crippen molar-refractivity contribution in [3.05, 3.63) is 208 Å². The van der Waals surface area contributed by atoms with Gasteiger partial charge in [-0.15, -0.1) is 0 Å². The highest BCUT2D eigenvalue weighted by Crippen LogP contribution is 2.42. The molecule has 13 rings (SSSR count). The van der Waals surface area contributed by atoms with Gasteiger partial charge in [0.25, 0.3) is 27.8 Å². The average Bonchev–Trinajstić information content (AvgIpc) is 1.60. The van der Waals surface area contributed by atoms with Crippen molar-refractivity contribution < 1.29 is 55.8 Å². The number of nitrogens with zero attached hydrogens (tertiary/aromatic N) is 9. The van der Waals surface area contributed by atoms with Crippen molar-refractivity contribution in [2.75, 3.05) is 69.0 Å². The number of carbonyl (C=O) groups is 3. The summed E-state index contributed by atoms with van der Waals surface area (Å²) < 4.78 is 55.0. The third-order valence-electron chi connectivity index (χ3n) is 17.0. The summed E-state index contributed by atoms with van der Waals surface area (Å²) in [5.41, 5.74) is 6.94. The second kappa shape index (κ2) is 29.8. The maximum absolute atomic E-state index is 13.2. The van der Waals surface area contributed by atoms with Crippen LogP contribution in [-0.2, 0) is 42.9 Å². The Hall–Kier alpha value is -9.72. The van der Waals surface area contributed by atoms with E-state index in [0.29, 0.717) is 89.1 Å². The Morgan fingerprint density at radius 3 is 0.990 bits per heavy atom. The topological polar surface area (TPSA) is 193 Å². The lowest BCUT2D eigenvalue weighted by Gasteiger charge is -2.30. The minimum Gasteiger partial charge on any atom is -0.508 e. The lowest BCUT2D eigenvalue weighted by molar-refractivity contribution is -0.121. The molecule has 3 amide bonds. The average molecular weight is 1410 g/mol. The quantitative estimate of drug-likeness (QED) is 0.0650. The SMILES string of the molecule is C.Cc1ccc(S(=O)(=O)OC2COC2)cc1.[C-]#[N+]c1ccc(N2C(=O)C(C)(C)N(c3ccc(O)cc3)C2=S)cc1C.[C-]#[N+]c1ccc(N2C(=O)C(C)(C)N(c3ccc(OC4COC4)cc3)C2=S)cc1C.[C-]#[N+]c1ccc(N2C(=O)C(C)(C)N(c3ccc(OC4COC4)cc3)C2=S)cc1C. The number of thiocarbonyl (C=S) groups is 3. The molecule has 0 aliphatic carbocycles. The summed E-state index contributed by atoms with van der Waals surface area (Å²) in [7, 11) is -3.62. The lowest BCUT2D eigenvalue weighted by Crippen LogP contribution is -2.44. The van der Waals surface area contributed by atoms with Crippen molar-refractivity contribution in [2.45, 2.75) is 116 Å². The van der Waals surface area contributed by atoms with Gasteiger partial charge in [-0.1, -0.05) is 43.3 Å². The summed E-state index contributed by atoms with van der Waals surface area (Å²) in [6, 6.07) is 44.2. The number of hydrogen-bond donors (Lipinski definition) is 1. The first-order chi connectivity index (χ1) is 46.5. The predicted octanol–water partition coefficient (Wildman–Crippen LogP) is 14.4. The number of phenols is 1. The fourth-order valence-corrected chi connectivity index (χ4v) is 13.8. The Morgan fingerprint density at radius 1 is 0.444 bits per heavy atom. The normalized spacial score (nSPS) is 17.6. The molecule has 6 aliphatic rings. The molecular weight excluding hydrogens is 1340 g/mol. The zero-order chi connectivity index (χ0) is 70.8. The molecule has 1 N–H and O–H groups in total. The van der Waals surface area contributed by atoms with E-state index >= 15 is 0 Å². The zero-order valence-electron chi connectivity index (χ0n) is 55.5. The molecule has 7 aromatic rings. The highest BCUT2D eigenvalue weighted by molar-refractivity contribution is 7.86. The van der Waals surface area contributed by atoms with E-state index in [4.69, 9.17) is 84.2 Å². The summed E-state index contributed by atoms with van der Waals surface area (Å²) in [5.74, 6) is 1.33. The first-order valence-electron chi connectivity index (χ1n) is 31.1. The highest BCUT2D eigenvalue weighted by atomic mass is 32.2. The summed E-state index contributed by atoms with van der Waals surface area (Å²) in [5, 5.41) is 10.7. The number of ether oxygens (including phenoxy) is 5. The van der Waals surface area contributed by atoms with Crippen molar-refractivity contribution >= 4 is 131 Å². The molecule has 25 heteroatoms. The molecule has 0 spiro atoms. The Kier molecular flexibility index (Phi) is 22.1. The number of amides is 3. The number of anilines is 6. The maximum Gasteiger partial charge on any atom is 0.297 e. The number of aromatic hydroxyl groups is 1. The van der Waals surface area contributed by atoms with Crippen LogP contribution in [0.25, 0.3) is 14.5 Å². The van der Waals surface area contributed by atoms with Crippen LogP contribution < -0.4 is 38.9 Å². The third-order valence-corrected chi connectivity index (χ3v) is 19.4. The minimum absolute atomic E-state index is 0. The van der Waals surface area contributed by atoms with Gasteiger partial charge in [0.15, 0.2) is 32.4 Å².